The molecule has 0 atom stereocenters. The molecule has 1 N–H and O–H groups in total. The number of nitrogens with one attached hydrogen (secondary N) is 1. The Morgan fingerprint density at radius 2 is 1.94 bits per heavy atom. The number of carbonyl (C=O) groups excluding carboxylic acids is 1. The second-order valence-electron chi connectivity index (χ2n) is 5.25. The van der Waals surface area contributed by atoms with E-state index in [1.54, 1.807) is 0 Å². The van der Waals surface area contributed by atoms with Gasteiger partial charge in [0.15, 0.2) is 0 Å². The Hall–Kier alpha value is -1.45. The van der Waals surface area contributed by atoms with E-state index in [2.05, 4.69) is 5.32 Å². The van der Waals surface area contributed by atoms with E-state index >= 15 is 0 Å². The zero-order chi connectivity index (χ0) is 13.1. The van der Waals surface area contributed by atoms with Crippen molar-refractivity contribution < 1.29 is 13.6 Å². The summed E-state index contributed by atoms with van der Waals surface area (Å²) in [5, 5.41) is 2.61. The van der Waals surface area contributed by atoms with Crippen LogP contribution in [0.4, 0.5) is 8.78 Å². The van der Waals surface area contributed by atoms with Gasteiger partial charge in [-0.05, 0) is 11.5 Å². The van der Waals surface area contributed by atoms with Crippen LogP contribution in [-0.2, 0) is 11.3 Å². The van der Waals surface area contributed by atoms with Gasteiger partial charge in [0.25, 0.3) is 0 Å². The normalized spacial score (nSPS) is 11.4. The van der Waals surface area contributed by atoms with Crippen molar-refractivity contribution in [2.75, 3.05) is 0 Å². The van der Waals surface area contributed by atoms with Crippen molar-refractivity contribution in [2.45, 2.75) is 33.7 Å². The lowest BCUT2D eigenvalue weighted by Gasteiger charge is -2.17. The molecule has 0 bridgehead atoms. The highest BCUT2D eigenvalue weighted by Gasteiger charge is 2.15. The van der Waals surface area contributed by atoms with Crippen LogP contribution in [0.2, 0.25) is 0 Å². The van der Waals surface area contributed by atoms with Gasteiger partial charge in [-0.1, -0.05) is 26.8 Å². The zero-order valence-electron chi connectivity index (χ0n) is 10.3. The second-order valence-corrected chi connectivity index (χ2v) is 5.25. The summed E-state index contributed by atoms with van der Waals surface area (Å²) in [6.07, 6.45) is 0.371. The molecule has 0 aromatic heterocycles. The number of carbonyl (C=O) groups is 1. The van der Waals surface area contributed by atoms with Gasteiger partial charge in [0.05, 0.1) is 0 Å². The molecule has 0 spiro atoms. The Labute approximate surface area is 100 Å². The van der Waals surface area contributed by atoms with E-state index in [0.717, 1.165) is 6.07 Å². The molecule has 0 saturated heterocycles. The molecule has 4 heteroatoms. The monoisotopic (exact) mass is 241 g/mol. The highest BCUT2D eigenvalue weighted by molar-refractivity contribution is 5.76. The van der Waals surface area contributed by atoms with Crippen LogP contribution in [0.1, 0.15) is 32.8 Å². The fourth-order valence-electron chi connectivity index (χ4n) is 1.40. The Morgan fingerprint density at radius 3 is 2.47 bits per heavy atom. The molecular weight excluding hydrogens is 224 g/mol. The van der Waals surface area contributed by atoms with Crippen LogP contribution in [0, 0.1) is 17.0 Å². The van der Waals surface area contributed by atoms with Gasteiger partial charge in [-0.25, -0.2) is 8.78 Å². The third-order valence-electron chi connectivity index (χ3n) is 2.18. The number of amides is 1. The smallest absolute Gasteiger partial charge is 0.220 e. The molecule has 17 heavy (non-hydrogen) atoms. The van der Waals surface area contributed by atoms with Crippen LogP contribution < -0.4 is 5.32 Å². The number of hydrogen-bond donors (Lipinski definition) is 1. The van der Waals surface area contributed by atoms with E-state index in [4.69, 9.17) is 0 Å². The first-order chi connectivity index (χ1) is 7.78. The molecule has 94 valence electrons. The predicted molar refractivity (Wildman–Crippen MR) is 62.3 cm³/mol. The largest absolute Gasteiger partial charge is 0.352 e. The SMILES string of the molecule is CC(C)(C)CC(=O)NCc1ccc(F)cc1F. The zero-order valence-corrected chi connectivity index (χ0v) is 10.3. The lowest BCUT2D eigenvalue weighted by atomic mass is 9.92. The van der Waals surface area contributed by atoms with Gasteiger partial charge in [0.2, 0.25) is 5.91 Å². The number of hydrogen-bond acceptors (Lipinski definition) is 1. The molecule has 0 aliphatic carbocycles. The molecule has 1 amide bonds. The van der Waals surface area contributed by atoms with E-state index in [9.17, 15) is 13.6 Å². The van der Waals surface area contributed by atoms with Gasteiger partial charge in [0, 0.05) is 24.6 Å². The number of rotatable bonds is 3. The minimum Gasteiger partial charge on any atom is -0.352 e. The van der Waals surface area contributed by atoms with Crippen LogP contribution in [0.15, 0.2) is 18.2 Å². The molecule has 0 saturated carbocycles. The molecule has 0 heterocycles. The Balaban J connectivity index is 2.53. The van der Waals surface area contributed by atoms with E-state index in [0.29, 0.717) is 6.42 Å². The first-order valence-corrected chi connectivity index (χ1v) is 5.48. The number of halogens is 2. The van der Waals surface area contributed by atoms with Crippen molar-refractivity contribution in [3.63, 3.8) is 0 Å². The third-order valence-corrected chi connectivity index (χ3v) is 2.18. The lowest BCUT2D eigenvalue weighted by Crippen LogP contribution is -2.27. The van der Waals surface area contributed by atoms with Gasteiger partial charge in [-0.15, -0.1) is 0 Å². The molecule has 2 nitrogen and oxygen atoms in total. The first-order valence-electron chi connectivity index (χ1n) is 5.48. The van der Waals surface area contributed by atoms with E-state index in [1.807, 2.05) is 20.8 Å². The van der Waals surface area contributed by atoms with Gasteiger partial charge >= 0.3 is 0 Å². The Bertz CT molecular complexity index is 410. The average molecular weight is 241 g/mol. The Morgan fingerprint density at radius 1 is 1.29 bits per heavy atom. The highest BCUT2D eigenvalue weighted by Crippen LogP contribution is 2.18. The molecule has 1 rings (SSSR count). The first kappa shape index (κ1) is 13.6. The summed E-state index contributed by atoms with van der Waals surface area (Å²) >= 11 is 0. The summed E-state index contributed by atoms with van der Waals surface area (Å²) in [6.45, 7) is 5.93. The molecule has 1 aromatic carbocycles. The van der Waals surface area contributed by atoms with Gasteiger partial charge in [-0.3, -0.25) is 4.79 Å². The summed E-state index contributed by atoms with van der Waals surface area (Å²) in [7, 11) is 0. The van der Waals surface area contributed by atoms with E-state index in [-0.39, 0.29) is 23.4 Å². The highest BCUT2D eigenvalue weighted by atomic mass is 19.1. The molecule has 0 radical (unpaired) electrons. The maximum Gasteiger partial charge on any atom is 0.220 e. The summed E-state index contributed by atoms with van der Waals surface area (Å²) < 4.78 is 25.9. The third kappa shape index (κ3) is 4.93. The quantitative estimate of drug-likeness (QED) is 0.866. The van der Waals surface area contributed by atoms with Crippen molar-refractivity contribution >= 4 is 5.91 Å². The van der Waals surface area contributed by atoms with Gasteiger partial charge in [-0.2, -0.15) is 0 Å². The van der Waals surface area contributed by atoms with Crippen molar-refractivity contribution in [3.05, 3.63) is 35.4 Å². The molecule has 0 fully saturated rings. The second kappa shape index (κ2) is 5.25. The van der Waals surface area contributed by atoms with Crippen molar-refractivity contribution in [2.24, 2.45) is 5.41 Å². The summed E-state index contributed by atoms with van der Waals surface area (Å²) in [5.41, 5.74) is 0.180. The predicted octanol–water partition coefficient (Wildman–Crippen LogP) is 3.02. The van der Waals surface area contributed by atoms with Crippen LogP contribution in [-0.4, -0.2) is 5.91 Å². The van der Waals surface area contributed by atoms with Crippen LogP contribution >= 0.6 is 0 Å². The maximum absolute atomic E-state index is 13.2. The van der Waals surface area contributed by atoms with Crippen LogP contribution in [0.5, 0.6) is 0 Å². The summed E-state index contributed by atoms with van der Waals surface area (Å²) in [5.74, 6) is -1.39. The fraction of sp³-hybridized carbons (Fsp3) is 0.462. The van der Waals surface area contributed by atoms with Crippen LogP contribution in [0.25, 0.3) is 0 Å². The van der Waals surface area contributed by atoms with Crippen molar-refractivity contribution in [1.29, 1.82) is 0 Å². The van der Waals surface area contributed by atoms with Crippen molar-refractivity contribution in [1.82, 2.24) is 5.32 Å². The molecule has 0 unspecified atom stereocenters. The molecular formula is C13H17F2NO. The average Bonchev–Trinajstić information content (AvgIpc) is 2.13. The lowest BCUT2D eigenvalue weighted by molar-refractivity contribution is -0.122. The minimum absolute atomic E-state index is 0.0844. The van der Waals surface area contributed by atoms with Crippen molar-refractivity contribution in [3.8, 4) is 0 Å². The fourth-order valence-corrected chi connectivity index (χ4v) is 1.40. The topological polar surface area (TPSA) is 29.1 Å². The molecule has 1 aromatic rings. The standard InChI is InChI=1S/C13H17F2NO/c1-13(2,3)7-12(17)16-8-9-4-5-10(14)6-11(9)15/h4-6H,7-8H2,1-3H3,(H,16,17). The summed E-state index contributed by atoms with van der Waals surface area (Å²) in [6, 6.07) is 3.32. The van der Waals surface area contributed by atoms with Gasteiger partial charge in [0.1, 0.15) is 11.6 Å². The van der Waals surface area contributed by atoms with Crippen LogP contribution in [0.3, 0.4) is 0 Å². The molecule has 0 aliphatic heterocycles. The molecule has 0 aliphatic rings. The number of benzene rings is 1. The maximum atomic E-state index is 13.2. The van der Waals surface area contributed by atoms with E-state index < -0.39 is 11.6 Å². The Kier molecular flexibility index (Phi) is 4.21. The van der Waals surface area contributed by atoms with E-state index in [1.165, 1.54) is 12.1 Å². The summed E-state index contributed by atoms with van der Waals surface area (Å²) in [4.78, 5) is 11.5. The van der Waals surface area contributed by atoms with Gasteiger partial charge < -0.3 is 5.32 Å². The minimum atomic E-state index is -0.638.